The number of benzene rings is 1. The number of hydrogen-bond acceptors (Lipinski definition) is 7. The van der Waals surface area contributed by atoms with E-state index in [1.54, 1.807) is 31.5 Å². The Morgan fingerprint density at radius 2 is 2.14 bits per heavy atom. The third-order valence-electron chi connectivity index (χ3n) is 6.06. The zero-order valence-corrected chi connectivity index (χ0v) is 21.4. The molecule has 0 spiro atoms. The summed E-state index contributed by atoms with van der Waals surface area (Å²) in [4.78, 5) is 31.7. The summed E-state index contributed by atoms with van der Waals surface area (Å²) in [6.45, 7) is 4.84. The second kappa shape index (κ2) is 13.0. The Hall–Kier alpha value is -3.49. The number of aliphatic hydroxyl groups excluding tert-OH is 1. The molecule has 2 unspecified atom stereocenters. The zero-order valence-electron chi connectivity index (χ0n) is 21.4. The molecule has 0 fully saturated rings. The molecule has 36 heavy (non-hydrogen) atoms. The number of allylic oxidation sites excluding steroid dienone is 4. The molecule has 2 atom stereocenters. The fourth-order valence-corrected chi connectivity index (χ4v) is 4.15. The fourth-order valence-electron chi connectivity index (χ4n) is 4.15. The summed E-state index contributed by atoms with van der Waals surface area (Å²) >= 11 is 0. The van der Waals surface area contributed by atoms with Crippen molar-refractivity contribution < 1.29 is 24.2 Å². The fraction of sp³-hybridized carbons (Fsp3) is 0.393. The first-order valence-corrected chi connectivity index (χ1v) is 12.1. The number of carbonyl (C=O) groups excluding carboxylic acids is 2. The number of hydrogen-bond donors (Lipinski definition) is 2. The van der Waals surface area contributed by atoms with E-state index < -0.39 is 6.23 Å². The molecule has 2 aliphatic rings. The summed E-state index contributed by atoms with van der Waals surface area (Å²) in [7, 11) is 3.11. The number of carbonyl (C=O) groups is 2. The predicted molar refractivity (Wildman–Crippen MR) is 140 cm³/mol. The molecule has 192 valence electrons. The number of Topliss-reactive ketones (excluding diaryl/α,β-unsaturated/α-hetero) is 1. The highest BCUT2D eigenvalue weighted by molar-refractivity contribution is 6.15. The van der Waals surface area contributed by atoms with Gasteiger partial charge in [0.25, 0.3) is 5.91 Å². The lowest BCUT2D eigenvalue weighted by atomic mass is 9.94. The molecular weight excluding hydrogens is 458 g/mol. The average Bonchev–Trinajstić information content (AvgIpc) is 2.88. The van der Waals surface area contributed by atoms with Gasteiger partial charge in [-0.2, -0.15) is 0 Å². The molecular formula is C28H35N3O5. The minimum absolute atomic E-state index is 0.0308. The Morgan fingerprint density at radius 1 is 1.33 bits per heavy atom. The average molecular weight is 494 g/mol. The first-order chi connectivity index (χ1) is 17.4. The number of nitrogens with zero attached hydrogens (tertiary/aromatic N) is 2. The van der Waals surface area contributed by atoms with Gasteiger partial charge in [-0.15, -0.1) is 0 Å². The van der Waals surface area contributed by atoms with Crippen molar-refractivity contribution in [2.24, 2.45) is 10.9 Å². The van der Waals surface area contributed by atoms with Crippen molar-refractivity contribution in [3.05, 3.63) is 76.7 Å². The van der Waals surface area contributed by atoms with E-state index in [-0.39, 0.29) is 18.2 Å². The third-order valence-corrected chi connectivity index (χ3v) is 6.06. The van der Waals surface area contributed by atoms with Crippen molar-refractivity contribution >= 4 is 17.9 Å². The summed E-state index contributed by atoms with van der Waals surface area (Å²) in [6.07, 6.45) is 11.7. The molecule has 1 aliphatic heterocycles. The van der Waals surface area contributed by atoms with Crippen molar-refractivity contribution in [2.75, 3.05) is 33.9 Å². The van der Waals surface area contributed by atoms with Gasteiger partial charge in [0.05, 0.1) is 31.5 Å². The van der Waals surface area contributed by atoms with E-state index >= 15 is 0 Å². The molecule has 0 saturated heterocycles. The Morgan fingerprint density at radius 3 is 2.86 bits per heavy atom. The zero-order chi connectivity index (χ0) is 26.1. The normalized spacial score (nSPS) is 19.4. The highest BCUT2D eigenvalue weighted by Crippen LogP contribution is 2.28. The molecule has 2 N–H and O–H groups in total. The minimum Gasteiger partial charge on any atom is -0.496 e. The highest BCUT2D eigenvalue weighted by Gasteiger charge is 2.32. The summed E-state index contributed by atoms with van der Waals surface area (Å²) in [5.74, 6) is 0.366. The smallest absolute Gasteiger partial charge is 0.258 e. The van der Waals surface area contributed by atoms with Gasteiger partial charge in [0.15, 0.2) is 12.0 Å². The molecule has 0 saturated carbocycles. The van der Waals surface area contributed by atoms with Crippen LogP contribution < -0.4 is 10.1 Å². The van der Waals surface area contributed by atoms with E-state index in [0.717, 1.165) is 12.1 Å². The molecule has 3 rings (SSSR count). The molecule has 1 aliphatic carbocycles. The van der Waals surface area contributed by atoms with Crippen LogP contribution in [0.5, 0.6) is 5.75 Å². The molecule has 1 aromatic rings. The second-order valence-corrected chi connectivity index (χ2v) is 8.71. The summed E-state index contributed by atoms with van der Waals surface area (Å²) in [5, 5.41) is 14.0. The van der Waals surface area contributed by atoms with Crippen LogP contribution in [0, 0.1) is 5.92 Å². The molecule has 0 aromatic heterocycles. The monoisotopic (exact) mass is 493 g/mol. The molecule has 8 heteroatoms. The molecule has 1 heterocycles. The van der Waals surface area contributed by atoms with Crippen LogP contribution in [-0.4, -0.2) is 68.1 Å². The second-order valence-electron chi connectivity index (χ2n) is 8.71. The Labute approximate surface area is 212 Å². The van der Waals surface area contributed by atoms with Gasteiger partial charge >= 0.3 is 0 Å². The van der Waals surface area contributed by atoms with Crippen LogP contribution in [0.15, 0.2) is 70.5 Å². The topological polar surface area (TPSA) is 100 Å². The lowest BCUT2D eigenvalue weighted by Gasteiger charge is -2.28. The Balaban J connectivity index is 1.65. The number of aliphatic hydroxyl groups is 1. The molecule has 8 nitrogen and oxygen atoms in total. The van der Waals surface area contributed by atoms with Crippen molar-refractivity contribution in [3.63, 3.8) is 0 Å². The highest BCUT2D eigenvalue weighted by atomic mass is 16.5. The van der Waals surface area contributed by atoms with E-state index in [2.05, 4.69) is 17.2 Å². The van der Waals surface area contributed by atoms with Crippen molar-refractivity contribution in [2.45, 2.75) is 32.9 Å². The molecule has 0 bridgehead atoms. The number of methoxy groups -OCH3 is 2. The number of aliphatic imine (C=N–C) groups is 1. The van der Waals surface area contributed by atoms with Crippen LogP contribution in [0.4, 0.5) is 0 Å². The van der Waals surface area contributed by atoms with E-state index in [1.165, 1.54) is 12.0 Å². The lowest BCUT2D eigenvalue weighted by Crippen LogP contribution is -2.42. The number of nitrogens with one attached hydrogen (secondary N) is 1. The third kappa shape index (κ3) is 6.59. The molecule has 1 amide bonds. The van der Waals surface area contributed by atoms with Crippen molar-refractivity contribution in [1.82, 2.24) is 10.2 Å². The molecule has 1 aromatic carbocycles. The maximum atomic E-state index is 13.0. The van der Waals surface area contributed by atoms with Crippen LogP contribution >= 0.6 is 0 Å². The number of ether oxygens (including phenoxy) is 2. The number of ketones is 1. The van der Waals surface area contributed by atoms with Gasteiger partial charge in [-0.05, 0) is 31.4 Å². The number of fused-ring (bicyclic) bond motifs is 1. The summed E-state index contributed by atoms with van der Waals surface area (Å²) in [5.41, 5.74) is 2.88. The van der Waals surface area contributed by atoms with E-state index in [1.807, 2.05) is 37.3 Å². The van der Waals surface area contributed by atoms with Crippen LogP contribution in [0.3, 0.4) is 0 Å². The van der Waals surface area contributed by atoms with E-state index in [4.69, 9.17) is 9.47 Å². The van der Waals surface area contributed by atoms with Gasteiger partial charge in [0.2, 0.25) is 0 Å². The van der Waals surface area contributed by atoms with Crippen LogP contribution in [0.25, 0.3) is 0 Å². The Kier molecular flexibility index (Phi) is 9.78. The standard InChI is InChI=1S/C28H35N3O5/c1-5-20(9-7-16-35-3)30-27(33)21-13-12-19(2)17-23(21)29-14-8-15-31-18-24(32)22-10-6-11-25(36-4)26(22)28(31)34/h5-7,9-11,13-14,17,19,27,30,33H,8,12,15-16,18H2,1-4H3/b9-7-,20-5+,29-14?. The van der Waals surface area contributed by atoms with Crippen LogP contribution in [0.2, 0.25) is 0 Å². The van der Waals surface area contributed by atoms with E-state index in [0.29, 0.717) is 53.6 Å². The molecule has 0 radical (unpaired) electrons. The first-order valence-electron chi connectivity index (χ1n) is 12.1. The van der Waals surface area contributed by atoms with Gasteiger partial charge in [-0.1, -0.05) is 43.4 Å². The first kappa shape index (κ1) is 27.1. The van der Waals surface area contributed by atoms with E-state index in [9.17, 15) is 14.7 Å². The number of rotatable bonds is 11. The lowest BCUT2D eigenvalue weighted by molar-refractivity contribution is 0.0682. The Bertz CT molecular complexity index is 1120. The van der Waals surface area contributed by atoms with Gasteiger partial charge < -0.3 is 24.8 Å². The predicted octanol–water partition coefficient (Wildman–Crippen LogP) is 3.66. The summed E-state index contributed by atoms with van der Waals surface area (Å²) in [6, 6.07) is 5.06. The van der Waals surface area contributed by atoms with Gasteiger partial charge in [-0.3, -0.25) is 14.6 Å². The largest absolute Gasteiger partial charge is 0.496 e. The SMILES string of the molecule is C/C=C(\C=C/COC)NC(O)C1=CCC(C)C=C1N=CCCN1CC(=O)c2cccc(OC)c2C1=O. The maximum absolute atomic E-state index is 13.0. The number of amides is 1. The van der Waals surface area contributed by atoms with Crippen molar-refractivity contribution in [1.29, 1.82) is 0 Å². The van der Waals surface area contributed by atoms with Crippen molar-refractivity contribution in [3.8, 4) is 5.75 Å². The minimum atomic E-state index is -0.926. The maximum Gasteiger partial charge on any atom is 0.258 e. The quantitative estimate of drug-likeness (QED) is 0.277. The van der Waals surface area contributed by atoms with Crippen LogP contribution in [-0.2, 0) is 4.74 Å². The van der Waals surface area contributed by atoms with Gasteiger partial charge in [0.1, 0.15) is 5.75 Å². The van der Waals surface area contributed by atoms with Crippen LogP contribution in [0.1, 0.15) is 47.4 Å². The van der Waals surface area contributed by atoms with Gasteiger partial charge in [0, 0.05) is 43.1 Å². The summed E-state index contributed by atoms with van der Waals surface area (Å²) < 4.78 is 10.3. The van der Waals surface area contributed by atoms with Gasteiger partial charge in [-0.25, -0.2) is 0 Å².